The number of anilines is 1. The first-order chi connectivity index (χ1) is 18.6. The zero-order valence-electron chi connectivity index (χ0n) is 23.5. The van der Waals surface area contributed by atoms with Gasteiger partial charge in [-0.25, -0.2) is 8.42 Å². The van der Waals surface area contributed by atoms with Gasteiger partial charge in [0, 0.05) is 12.1 Å². The lowest BCUT2D eigenvalue weighted by Gasteiger charge is -2.34. The van der Waals surface area contributed by atoms with Crippen molar-refractivity contribution in [2.45, 2.75) is 64.6 Å². The fourth-order valence-corrected chi connectivity index (χ4v) is 5.94. The number of hydrogen-bond donors (Lipinski definition) is 1. The van der Waals surface area contributed by atoms with Gasteiger partial charge in [-0.3, -0.25) is 13.9 Å². The van der Waals surface area contributed by atoms with Crippen molar-refractivity contribution in [3.63, 3.8) is 0 Å². The first kappa shape index (κ1) is 31.5. The number of sulfonamides is 1. The van der Waals surface area contributed by atoms with Gasteiger partial charge in [0.05, 0.1) is 20.6 Å². The Morgan fingerprint density at radius 1 is 0.925 bits per heavy atom. The monoisotopic (exact) mass is 603 g/mol. The molecule has 0 bridgehead atoms. The summed E-state index contributed by atoms with van der Waals surface area (Å²) in [6, 6.07) is 17.3. The van der Waals surface area contributed by atoms with E-state index in [4.69, 9.17) is 23.2 Å². The molecule has 0 heterocycles. The number of benzene rings is 3. The fraction of sp³-hybridized carbons (Fsp3) is 0.333. The summed E-state index contributed by atoms with van der Waals surface area (Å²) >= 11 is 12.3. The van der Waals surface area contributed by atoms with Gasteiger partial charge in [0.25, 0.3) is 10.0 Å². The highest BCUT2D eigenvalue weighted by Gasteiger charge is 2.34. The van der Waals surface area contributed by atoms with Crippen LogP contribution in [0.15, 0.2) is 71.6 Å². The molecule has 0 aromatic heterocycles. The van der Waals surface area contributed by atoms with Crippen LogP contribution in [-0.4, -0.2) is 43.3 Å². The molecular formula is C30H35Cl2N3O4S. The lowest BCUT2D eigenvalue weighted by Crippen LogP contribution is -2.54. The van der Waals surface area contributed by atoms with Gasteiger partial charge < -0.3 is 10.2 Å². The average Bonchev–Trinajstić information content (AvgIpc) is 2.88. The summed E-state index contributed by atoms with van der Waals surface area (Å²) in [5.74, 6) is -0.923. The van der Waals surface area contributed by atoms with E-state index in [-0.39, 0.29) is 17.3 Å². The van der Waals surface area contributed by atoms with E-state index in [1.54, 1.807) is 55.5 Å². The van der Waals surface area contributed by atoms with Crippen LogP contribution in [0, 0.1) is 13.8 Å². The predicted octanol–water partition coefficient (Wildman–Crippen LogP) is 6.14. The Labute approximate surface area is 247 Å². The third-order valence-electron chi connectivity index (χ3n) is 6.46. The number of nitrogens with one attached hydrogen (secondary N) is 1. The van der Waals surface area contributed by atoms with Crippen molar-refractivity contribution in [2.75, 3.05) is 10.8 Å². The van der Waals surface area contributed by atoms with Gasteiger partial charge in [0.1, 0.15) is 12.6 Å². The topological polar surface area (TPSA) is 86.8 Å². The molecule has 0 spiro atoms. The quantitative estimate of drug-likeness (QED) is 0.318. The summed E-state index contributed by atoms with van der Waals surface area (Å²) in [7, 11) is -4.14. The molecule has 0 fully saturated rings. The minimum absolute atomic E-state index is 0.0144. The number of amides is 2. The summed E-state index contributed by atoms with van der Waals surface area (Å²) in [5, 5.41) is 3.57. The number of halogens is 2. The van der Waals surface area contributed by atoms with Crippen LogP contribution in [-0.2, 0) is 26.2 Å². The van der Waals surface area contributed by atoms with E-state index in [9.17, 15) is 18.0 Å². The molecular weight excluding hydrogens is 569 g/mol. The first-order valence-corrected chi connectivity index (χ1v) is 15.0. The Morgan fingerprint density at radius 2 is 1.57 bits per heavy atom. The van der Waals surface area contributed by atoms with E-state index in [1.807, 2.05) is 40.7 Å². The zero-order valence-corrected chi connectivity index (χ0v) is 25.9. The van der Waals surface area contributed by atoms with Crippen molar-refractivity contribution in [1.82, 2.24) is 10.2 Å². The van der Waals surface area contributed by atoms with E-state index in [1.165, 1.54) is 17.0 Å². The van der Waals surface area contributed by atoms with Crippen molar-refractivity contribution in [1.29, 1.82) is 0 Å². The largest absolute Gasteiger partial charge is 0.350 e. The van der Waals surface area contributed by atoms with Crippen LogP contribution in [0.3, 0.4) is 0 Å². The van der Waals surface area contributed by atoms with Gasteiger partial charge in [0.2, 0.25) is 11.8 Å². The molecule has 0 unspecified atom stereocenters. The summed E-state index contributed by atoms with van der Waals surface area (Å²) in [6.45, 7) is 10.3. The maximum absolute atomic E-state index is 14.0. The molecule has 0 aliphatic heterocycles. The normalized spacial score (nSPS) is 12.5. The lowest BCUT2D eigenvalue weighted by molar-refractivity contribution is -0.140. The van der Waals surface area contributed by atoms with E-state index in [0.29, 0.717) is 21.3 Å². The Hall–Kier alpha value is -3.07. The molecule has 7 nitrogen and oxygen atoms in total. The molecule has 0 saturated carbocycles. The number of carbonyl (C=O) groups excluding carboxylic acids is 2. The van der Waals surface area contributed by atoms with Gasteiger partial charge in [-0.05, 0) is 88.6 Å². The van der Waals surface area contributed by atoms with Crippen LogP contribution in [0.1, 0.15) is 44.4 Å². The molecule has 1 N–H and O–H groups in total. The van der Waals surface area contributed by atoms with Gasteiger partial charge >= 0.3 is 0 Å². The van der Waals surface area contributed by atoms with Crippen LogP contribution in [0.2, 0.25) is 10.0 Å². The summed E-state index contributed by atoms with van der Waals surface area (Å²) in [6.07, 6.45) is 0. The number of aryl methyl sites for hydroxylation is 1. The number of hydrogen-bond acceptors (Lipinski definition) is 4. The number of carbonyl (C=O) groups is 2. The molecule has 0 aliphatic rings. The van der Waals surface area contributed by atoms with Crippen LogP contribution in [0.5, 0.6) is 0 Å². The maximum Gasteiger partial charge on any atom is 0.264 e. The van der Waals surface area contributed by atoms with Gasteiger partial charge in [0.15, 0.2) is 0 Å². The highest BCUT2D eigenvalue weighted by Crippen LogP contribution is 2.29. The van der Waals surface area contributed by atoms with Gasteiger partial charge in [-0.1, -0.05) is 59.6 Å². The summed E-state index contributed by atoms with van der Waals surface area (Å²) < 4.78 is 29.0. The molecule has 2 amide bonds. The molecule has 0 aliphatic carbocycles. The molecule has 1 atom stereocenters. The molecule has 214 valence electrons. The lowest BCUT2D eigenvalue weighted by atomic mass is 10.1. The average molecular weight is 605 g/mol. The van der Waals surface area contributed by atoms with Gasteiger partial charge in [-0.2, -0.15) is 0 Å². The minimum Gasteiger partial charge on any atom is -0.350 e. The van der Waals surface area contributed by atoms with Crippen LogP contribution in [0.25, 0.3) is 0 Å². The van der Waals surface area contributed by atoms with Crippen molar-refractivity contribution in [3.8, 4) is 0 Å². The molecule has 10 heteroatoms. The molecule has 40 heavy (non-hydrogen) atoms. The Bertz CT molecular complexity index is 1490. The standard InChI is InChI=1S/C30H35Cl2N3O4S/c1-20-11-10-14-27(21(20)2)35(40(38,39)24-12-8-7-9-13-24)19-28(36)34(22(3)29(37)33-30(4,5)6)18-23-15-16-25(31)26(32)17-23/h7-17,22H,18-19H2,1-6H3,(H,33,37)/t22-/m1/s1. The van der Waals surface area contributed by atoms with Crippen molar-refractivity contribution >= 4 is 50.7 Å². The SMILES string of the molecule is Cc1cccc(N(CC(=O)N(Cc2ccc(Cl)c(Cl)c2)[C@H](C)C(=O)NC(C)(C)C)S(=O)(=O)c2ccccc2)c1C. The van der Waals surface area contributed by atoms with Crippen molar-refractivity contribution < 1.29 is 18.0 Å². The Balaban J connectivity index is 2.08. The van der Waals surface area contributed by atoms with Crippen LogP contribution in [0.4, 0.5) is 5.69 Å². The van der Waals surface area contributed by atoms with E-state index < -0.39 is 34.1 Å². The Kier molecular flexibility index (Phi) is 9.93. The third kappa shape index (κ3) is 7.56. The first-order valence-electron chi connectivity index (χ1n) is 12.8. The predicted molar refractivity (Wildman–Crippen MR) is 161 cm³/mol. The molecule has 3 aromatic carbocycles. The van der Waals surface area contributed by atoms with Crippen LogP contribution < -0.4 is 9.62 Å². The number of nitrogens with zero attached hydrogens (tertiary/aromatic N) is 2. The Morgan fingerprint density at radius 3 is 2.17 bits per heavy atom. The fourth-order valence-electron chi connectivity index (χ4n) is 4.13. The van der Waals surface area contributed by atoms with Crippen molar-refractivity contribution in [3.05, 3.63) is 93.5 Å². The molecule has 0 saturated heterocycles. The second kappa shape index (κ2) is 12.6. The second-order valence-electron chi connectivity index (χ2n) is 10.7. The summed E-state index contributed by atoms with van der Waals surface area (Å²) in [4.78, 5) is 28.7. The van der Waals surface area contributed by atoms with Crippen LogP contribution >= 0.6 is 23.2 Å². The maximum atomic E-state index is 14.0. The van der Waals surface area contributed by atoms with Gasteiger partial charge in [-0.15, -0.1) is 0 Å². The molecule has 3 aromatic rings. The zero-order chi connectivity index (χ0) is 29.8. The third-order valence-corrected chi connectivity index (χ3v) is 8.97. The summed E-state index contributed by atoms with van der Waals surface area (Å²) in [5.41, 5.74) is 2.10. The smallest absolute Gasteiger partial charge is 0.264 e. The highest BCUT2D eigenvalue weighted by molar-refractivity contribution is 7.92. The highest BCUT2D eigenvalue weighted by atomic mass is 35.5. The van der Waals surface area contributed by atoms with Crippen molar-refractivity contribution in [2.24, 2.45) is 0 Å². The second-order valence-corrected chi connectivity index (χ2v) is 13.4. The molecule has 3 rings (SSSR count). The number of rotatable bonds is 9. The molecule has 0 radical (unpaired) electrons. The van der Waals surface area contributed by atoms with E-state index in [0.717, 1.165) is 15.4 Å². The minimum atomic E-state index is -4.14. The van der Waals surface area contributed by atoms with E-state index >= 15 is 0 Å². The van der Waals surface area contributed by atoms with E-state index in [2.05, 4.69) is 5.32 Å².